The van der Waals surface area contributed by atoms with Crippen molar-refractivity contribution in [3.63, 3.8) is 0 Å². The smallest absolute Gasteiger partial charge is 0.319 e. The van der Waals surface area contributed by atoms with Crippen LogP contribution in [0, 0.1) is 0 Å². The van der Waals surface area contributed by atoms with Gasteiger partial charge in [0, 0.05) is 13.2 Å². The van der Waals surface area contributed by atoms with Gasteiger partial charge in [0.1, 0.15) is 5.75 Å². The highest BCUT2D eigenvalue weighted by atomic mass is 16.5. The zero-order valence-electron chi connectivity index (χ0n) is 9.19. The lowest BCUT2D eigenvalue weighted by Crippen LogP contribution is -2.30. The van der Waals surface area contributed by atoms with Gasteiger partial charge < -0.3 is 20.5 Å². The molecule has 1 aromatic rings. The zero-order chi connectivity index (χ0) is 11.8. The molecular formula is C11H16N2O3. The van der Waals surface area contributed by atoms with Crippen LogP contribution in [0.5, 0.6) is 5.75 Å². The van der Waals surface area contributed by atoms with Crippen LogP contribution in [0.2, 0.25) is 0 Å². The number of anilines is 1. The normalized spacial score (nSPS) is 9.62. The van der Waals surface area contributed by atoms with E-state index in [0.717, 1.165) is 0 Å². The van der Waals surface area contributed by atoms with E-state index in [0.29, 0.717) is 24.4 Å². The topological polar surface area (TPSA) is 70.6 Å². The zero-order valence-corrected chi connectivity index (χ0v) is 9.19. The van der Waals surface area contributed by atoms with Crippen LogP contribution in [0.25, 0.3) is 0 Å². The summed E-state index contributed by atoms with van der Waals surface area (Å²) < 4.78 is 5.09. The molecule has 0 aliphatic heterocycles. The van der Waals surface area contributed by atoms with E-state index in [-0.39, 0.29) is 12.6 Å². The number of carbonyl (C=O) groups is 1. The first kappa shape index (κ1) is 12.3. The standard InChI is InChI=1S/C11H16N2O3/c1-16-10-6-3-2-5-9(10)13-11(15)12-7-4-8-14/h2-3,5-6,14H,4,7-8H2,1H3,(H2,12,13,15). The lowest BCUT2D eigenvalue weighted by Gasteiger charge is -2.10. The third kappa shape index (κ3) is 3.78. The molecule has 0 fully saturated rings. The fourth-order valence-electron chi connectivity index (χ4n) is 1.20. The molecule has 0 radical (unpaired) electrons. The Morgan fingerprint density at radius 3 is 2.88 bits per heavy atom. The molecule has 88 valence electrons. The number of benzene rings is 1. The van der Waals surface area contributed by atoms with Gasteiger partial charge in [-0.3, -0.25) is 0 Å². The summed E-state index contributed by atoms with van der Waals surface area (Å²) in [5.74, 6) is 0.611. The van der Waals surface area contributed by atoms with Crippen LogP contribution in [0.1, 0.15) is 6.42 Å². The average molecular weight is 224 g/mol. The molecule has 0 atom stereocenters. The second-order valence-corrected chi connectivity index (χ2v) is 3.16. The number of nitrogens with one attached hydrogen (secondary N) is 2. The Morgan fingerprint density at radius 1 is 1.44 bits per heavy atom. The van der Waals surface area contributed by atoms with Gasteiger partial charge in [0.05, 0.1) is 12.8 Å². The molecule has 1 aromatic carbocycles. The summed E-state index contributed by atoms with van der Waals surface area (Å²) in [6, 6.07) is 6.85. The molecule has 0 aliphatic rings. The summed E-state index contributed by atoms with van der Waals surface area (Å²) in [5.41, 5.74) is 0.617. The summed E-state index contributed by atoms with van der Waals surface area (Å²) in [6.45, 7) is 0.506. The van der Waals surface area contributed by atoms with Gasteiger partial charge in [-0.05, 0) is 18.6 Å². The van der Waals surface area contributed by atoms with Crippen LogP contribution < -0.4 is 15.4 Å². The number of hydrogen-bond acceptors (Lipinski definition) is 3. The molecule has 0 aliphatic carbocycles. The van der Waals surface area contributed by atoms with Crippen LogP contribution >= 0.6 is 0 Å². The van der Waals surface area contributed by atoms with Crippen molar-refractivity contribution in [3.05, 3.63) is 24.3 Å². The van der Waals surface area contributed by atoms with Crippen LogP contribution in [0.15, 0.2) is 24.3 Å². The first-order valence-corrected chi connectivity index (χ1v) is 5.06. The summed E-state index contributed by atoms with van der Waals surface area (Å²) in [4.78, 5) is 11.4. The van der Waals surface area contributed by atoms with Gasteiger partial charge >= 0.3 is 6.03 Å². The van der Waals surface area contributed by atoms with Gasteiger partial charge in [0.2, 0.25) is 0 Å². The van der Waals surface area contributed by atoms with Gasteiger partial charge in [-0.1, -0.05) is 12.1 Å². The van der Waals surface area contributed by atoms with Gasteiger partial charge in [0.15, 0.2) is 0 Å². The van der Waals surface area contributed by atoms with Crippen LogP contribution in [-0.4, -0.2) is 31.4 Å². The lowest BCUT2D eigenvalue weighted by atomic mass is 10.3. The van der Waals surface area contributed by atoms with Crippen molar-refractivity contribution in [2.75, 3.05) is 25.6 Å². The Labute approximate surface area is 94.4 Å². The van der Waals surface area contributed by atoms with Crippen LogP contribution in [-0.2, 0) is 0 Å². The second-order valence-electron chi connectivity index (χ2n) is 3.16. The number of para-hydroxylation sites is 2. The van der Waals surface area contributed by atoms with Crippen molar-refractivity contribution in [2.45, 2.75) is 6.42 Å². The van der Waals surface area contributed by atoms with Crippen molar-refractivity contribution in [1.29, 1.82) is 0 Å². The van der Waals surface area contributed by atoms with E-state index < -0.39 is 0 Å². The second kappa shape index (κ2) is 6.68. The van der Waals surface area contributed by atoms with Crippen molar-refractivity contribution in [3.8, 4) is 5.75 Å². The number of hydrogen-bond donors (Lipinski definition) is 3. The average Bonchev–Trinajstić information content (AvgIpc) is 2.30. The number of aliphatic hydroxyl groups excluding tert-OH is 1. The van der Waals surface area contributed by atoms with Crippen molar-refractivity contribution < 1.29 is 14.6 Å². The van der Waals surface area contributed by atoms with Crippen molar-refractivity contribution in [1.82, 2.24) is 5.32 Å². The molecule has 1 rings (SSSR count). The highest BCUT2D eigenvalue weighted by Gasteiger charge is 2.05. The van der Waals surface area contributed by atoms with E-state index in [1.807, 2.05) is 12.1 Å². The molecular weight excluding hydrogens is 208 g/mol. The summed E-state index contributed by atoms with van der Waals surface area (Å²) >= 11 is 0. The van der Waals surface area contributed by atoms with E-state index in [2.05, 4.69) is 10.6 Å². The Morgan fingerprint density at radius 2 is 2.19 bits per heavy atom. The number of ether oxygens (including phenoxy) is 1. The minimum atomic E-state index is -0.307. The minimum Gasteiger partial charge on any atom is -0.495 e. The minimum absolute atomic E-state index is 0.0644. The maximum atomic E-state index is 11.4. The van der Waals surface area contributed by atoms with Gasteiger partial charge in [0.25, 0.3) is 0 Å². The number of aliphatic hydroxyl groups is 1. The Balaban J connectivity index is 2.49. The summed E-state index contributed by atoms with van der Waals surface area (Å²) in [7, 11) is 1.55. The Bertz CT molecular complexity index is 342. The van der Waals surface area contributed by atoms with Gasteiger partial charge in [-0.15, -0.1) is 0 Å². The predicted molar refractivity (Wildman–Crippen MR) is 61.7 cm³/mol. The van der Waals surface area contributed by atoms with Crippen LogP contribution in [0.4, 0.5) is 10.5 Å². The number of carbonyl (C=O) groups excluding carboxylic acids is 1. The number of rotatable bonds is 5. The maximum Gasteiger partial charge on any atom is 0.319 e. The van der Waals surface area contributed by atoms with Crippen LogP contribution in [0.3, 0.4) is 0 Å². The van der Waals surface area contributed by atoms with E-state index in [4.69, 9.17) is 9.84 Å². The largest absolute Gasteiger partial charge is 0.495 e. The fraction of sp³-hybridized carbons (Fsp3) is 0.364. The highest BCUT2D eigenvalue weighted by molar-refractivity contribution is 5.90. The first-order valence-electron chi connectivity index (χ1n) is 5.06. The molecule has 0 unspecified atom stereocenters. The molecule has 0 saturated carbocycles. The molecule has 0 aromatic heterocycles. The van der Waals surface area contributed by atoms with E-state index in [1.165, 1.54) is 0 Å². The molecule has 2 amide bonds. The van der Waals surface area contributed by atoms with E-state index in [1.54, 1.807) is 19.2 Å². The molecule has 0 heterocycles. The number of amides is 2. The fourth-order valence-corrected chi connectivity index (χ4v) is 1.20. The Hall–Kier alpha value is -1.75. The molecule has 0 spiro atoms. The first-order chi connectivity index (χ1) is 7.77. The summed E-state index contributed by atoms with van der Waals surface area (Å²) in [6.07, 6.45) is 0.541. The molecule has 0 saturated heterocycles. The molecule has 3 N–H and O–H groups in total. The molecule has 16 heavy (non-hydrogen) atoms. The molecule has 5 nitrogen and oxygen atoms in total. The third-order valence-electron chi connectivity index (χ3n) is 1.98. The molecule has 5 heteroatoms. The SMILES string of the molecule is COc1ccccc1NC(=O)NCCCO. The van der Waals surface area contributed by atoms with Gasteiger partial charge in [-0.2, -0.15) is 0 Å². The maximum absolute atomic E-state index is 11.4. The third-order valence-corrected chi connectivity index (χ3v) is 1.98. The molecule has 0 bridgehead atoms. The van der Waals surface area contributed by atoms with Crippen molar-refractivity contribution >= 4 is 11.7 Å². The predicted octanol–water partition coefficient (Wildman–Crippen LogP) is 1.20. The summed E-state index contributed by atoms with van der Waals surface area (Å²) in [5, 5.41) is 13.8. The number of urea groups is 1. The van der Waals surface area contributed by atoms with E-state index >= 15 is 0 Å². The van der Waals surface area contributed by atoms with E-state index in [9.17, 15) is 4.79 Å². The lowest BCUT2D eigenvalue weighted by molar-refractivity contribution is 0.248. The Kier molecular flexibility index (Phi) is 5.15. The van der Waals surface area contributed by atoms with Gasteiger partial charge in [-0.25, -0.2) is 4.79 Å². The van der Waals surface area contributed by atoms with Crippen molar-refractivity contribution in [2.24, 2.45) is 0 Å². The quantitative estimate of drug-likeness (QED) is 0.658. The monoisotopic (exact) mass is 224 g/mol. The number of methoxy groups -OCH3 is 1. The highest BCUT2D eigenvalue weighted by Crippen LogP contribution is 2.22.